The number of nitro groups is 1. The van der Waals surface area contributed by atoms with E-state index >= 15 is 0 Å². The predicted octanol–water partition coefficient (Wildman–Crippen LogP) is 4.30. The van der Waals surface area contributed by atoms with Gasteiger partial charge in [0.25, 0.3) is 5.69 Å². The highest BCUT2D eigenvalue weighted by atomic mass is 79.9. The second-order valence-electron chi connectivity index (χ2n) is 4.18. The number of Topliss-reactive ketones (excluding diaryl/α,β-unsaturated/α-hetero) is 1. The summed E-state index contributed by atoms with van der Waals surface area (Å²) in [5, 5.41) is 14.0. The molecule has 0 spiro atoms. The van der Waals surface area contributed by atoms with E-state index in [4.69, 9.17) is 0 Å². The Morgan fingerprint density at radius 2 is 2.00 bits per heavy atom. The largest absolute Gasteiger partial charge is 0.350 e. The van der Waals surface area contributed by atoms with Crippen molar-refractivity contribution in [3.05, 3.63) is 62.6 Å². The van der Waals surface area contributed by atoms with Gasteiger partial charge in [0.1, 0.15) is 5.69 Å². The summed E-state index contributed by atoms with van der Waals surface area (Å²) in [6.07, 6.45) is 0. The van der Waals surface area contributed by atoms with Crippen molar-refractivity contribution in [2.45, 2.75) is 6.92 Å². The number of hydrogen-bond donors (Lipinski definition) is 1. The van der Waals surface area contributed by atoms with Gasteiger partial charge in [-0.2, -0.15) is 0 Å². The number of halogens is 1. The number of hydrogen-bond acceptors (Lipinski definition) is 4. The van der Waals surface area contributed by atoms with Gasteiger partial charge in [0.15, 0.2) is 5.78 Å². The van der Waals surface area contributed by atoms with Crippen molar-refractivity contribution < 1.29 is 9.72 Å². The highest BCUT2D eigenvalue weighted by Gasteiger charge is 2.14. The topological polar surface area (TPSA) is 72.2 Å². The molecule has 0 bridgehead atoms. The maximum absolute atomic E-state index is 11.3. The Morgan fingerprint density at radius 1 is 1.25 bits per heavy atom. The second kappa shape index (κ2) is 5.83. The van der Waals surface area contributed by atoms with Crippen LogP contribution < -0.4 is 5.32 Å². The molecule has 0 unspecified atom stereocenters. The first kappa shape index (κ1) is 14.2. The van der Waals surface area contributed by atoms with Crippen LogP contribution in [0.2, 0.25) is 0 Å². The van der Waals surface area contributed by atoms with E-state index in [1.807, 2.05) is 0 Å². The minimum Gasteiger partial charge on any atom is -0.350 e. The summed E-state index contributed by atoms with van der Waals surface area (Å²) < 4.78 is 0.730. The van der Waals surface area contributed by atoms with E-state index in [1.54, 1.807) is 36.4 Å². The number of anilines is 2. The molecule has 0 saturated heterocycles. The molecular weight excluding hydrogens is 324 g/mol. The van der Waals surface area contributed by atoms with E-state index in [-0.39, 0.29) is 11.5 Å². The Hall–Kier alpha value is -2.21. The standard InChI is InChI=1S/C14H11BrN2O3/c1-9(18)10-3-2-4-12(7-10)16-13-8-11(15)5-6-14(13)17(19)20/h2-8,16H,1H3. The smallest absolute Gasteiger partial charge is 0.292 e. The Balaban J connectivity index is 2.39. The average Bonchev–Trinajstić information content (AvgIpc) is 2.38. The number of nitrogens with zero attached hydrogens (tertiary/aromatic N) is 1. The lowest BCUT2D eigenvalue weighted by Crippen LogP contribution is -1.98. The fraction of sp³-hybridized carbons (Fsp3) is 0.0714. The van der Waals surface area contributed by atoms with Crippen LogP contribution in [0.1, 0.15) is 17.3 Å². The van der Waals surface area contributed by atoms with E-state index in [0.29, 0.717) is 16.9 Å². The second-order valence-corrected chi connectivity index (χ2v) is 5.10. The number of carbonyl (C=O) groups excluding carboxylic acids is 1. The third-order valence-electron chi connectivity index (χ3n) is 2.70. The first-order valence-electron chi connectivity index (χ1n) is 5.79. The van der Waals surface area contributed by atoms with Gasteiger partial charge in [-0.05, 0) is 31.2 Å². The monoisotopic (exact) mass is 334 g/mol. The molecule has 0 radical (unpaired) electrons. The summed E-state index contributed by atoms with van der Waals surface area (Å²) in [5.74, 6) is -0.0580. The van der Waals surface area contributed by atoms with Crippen LogP contribution in [0.3, 0.4) is 0 Å². The average molecular weight is 335 g/mol. The third-order valence-corrected chi connectivity index (χ3v) is 3.20. The van der Waals surface area contributed by atoms with Crippen LogP contribution in [0.4, 0.5) is 17.1 Å². The summed E-state index contributed by atoms with van der Waals surface area (Å²) in [5.41, 5.74) is 1.51. The number of nitro benzene ring substituents is 1. The van der Waals surface area contributed by atoms with Crippen molar-refractivity contribution in [2.75, 3.05) is 5.32 Å². The van der Waals surface area contributed by atoms with Gasteiger partial charge in [-0.3, -0.25) is 14.9 Å². The molecule has 0 fully saturated rings. The van der Waals surface area contributed by atoms with Gasteiger partial charge >= 0.3 is 0 Å². The van der Waals surface area contributed by atoms with Gasteiger partial charge in [0.2, 0.25) is 0 Å². The molecule has 0 aliphatic heterocycles. The summed E-state index contributed by atoms with van der Waals surface area (Å²) >= 11 is 3.28. The van der Waals surface area contributed by atoms with Gasteiger partial charge < -0.3 is 5.32 Å². The first-order valence-corrected chi connectivity index (χ1v) is 6.58. The summed E-state index contributed by atoms with van der Waals surface area (Å²) in [6, 6.07) is 11.5. The van der Waals surface area contributed by atoms with E-state index in [2.05, 4.69) is 21.2 Å². The lowest BCUT2D eigenvalue weighted by molar-refractivity contribution is -0.383. The van der Waals surface area contributed by atoms with Crippen LogP contribution in [0.15, 0.2) is 46.9 Å². The molecule has 20 heavy (non-hydrogen) atoms. The number of carbonyl (C=O) groups is 1. The van der Waals surface area contributed by atoms with Gasteiger partial charge in [-0.1, -0.05) is 28.1 Å². The maximum Gasteiger partial charge on any atom is 0.292 e. The molecular formula is C14H11BrN2O3. The molecule has 0 aliphatic rings. The van der Waals surface area contributed by atoms with Crippen LogP contribution in [0.5, 0.6) is 0 Å². The fourth-order valence-electron chi connectivity index (χ4n) is 1.74. The number of nitrogens with one attached hydrogen (secondary N) is 1. The SMILES string of the molecule is CC(=O)c1cccc(Nc2cc(Br)ccc2[N+](=O)[O-])c1. The number of benzene rings is 2. The molecule has 1 N–H and O–H groups in total. The van der Waals surface area contributed by atoms with E-state index in [1.165, 1.54) is 13.0 Å². The fourth-order valence-corrected chi connectivity index (χ4v) is 2.10. The molecule has 5 nitrogen and oxygen atoms in total. The van der Waals surface area contributed by atoms with Crippen LogP contribution in [0, 0.1) is 10.1 Å². The molecule has 0 heterocycles. The summed E-state index contributed by atoms with van der Waals surface area (Å²) in [6.45, 7) is 1.47. The van der Waals surface area contributed by atoms with E-state index in [0.717, 1.165) is 4.47 Å². The minimum atomic E-state index is -0.455. The first-order chi connectivity index (χ1) is 9.47. The van der Waals surface area contributed by atoms with Gasteiger partial charge in [-0.15, -0.1) is 0 Å². The molecule has 2 aromatic rings. The van der Waals surface area contributed by atoms with Crippen molar-refractivity contribution in [1.82, 2.24) is 0 Å². The van der Waals surface area contributed by atoms with Gasteiger partial charge in [0, 0.05) is 21.8 Å². The van der Waals surface area contributed by atoms with Crippen LogP contribution in [0.25, 0.3) is 0 Å². The molecule has 6 heteroatoms. The zero-order chi connectivity index (χ0) is 14.7. The summed E-state index contributed by atoms with van der Waals surface area (Å²) in [4.78, 5) is 21.9. The van der Waals surface area contributed by atoms with Crippen molar-refractivity contribution in [3.8, 4) is 0 Å². The molecule has 2 rings (SSSR count). The Bertz CT molecular complexity index is 686. The molecule has 0 amide bonds. The Morgan fingerprint density at radius 3 is 2.65 bits per heavy atom. The zero-order valence-electron chi connectivity index (χ0n) is 10.6. The van der Waals surface area contributed by atoms with Crippen molar-refractivity contribution in [2.24, 2.45) is 0 Å². The molecule has 0 aromatic heterocycles. The van der Waals surface area contributed by atoms with E-state index in [9.17, 15) is 14.9 Å². The lowest BCUT2D eigenvalue weighted by atomic mass is 10.1. The zero-order valence-corrected chi connectivity index (χ0v) is 12.2. The maximum atomic E-state index is 11.3. The lowest BCUT2D eigenvalue weighted by Gasteiger charge is -2.08. The molecule has 102 valence electrons. The molecule has 0 atom stereocenters. The minimum absolute atomic E-state index is 0.0265. The van der Waals surface area contributed by atoms with Crippen LogP contribution >= 0.6 is 15.9 Å². The van der Waals surface area contributed by atoms with Crippen LogP contribution in [-0.4, -0.2) is 10.7 Å². The predicted molar refractivity (Wildman–Crippen MR) is 80.5 cm³/mol. The van der Waals surface area contributed by atoms with Crippen LogP contribution in [-0.2, 0) is 0 Å². The molecule has 0 aliphatic carbocycles. The van der Waals surface area contributed by atoms with Gasteiger partial charge in [-0.25, -0.2) is 0 Å². The Labute approximate surface area is 123 Å². The molecule has 2 aromatic carbocycles. The molecule has 0 saturated carbocycles. The van der Waals surface area contributed by atoms with Gasteiger partial charge in [0.05, 0.1) is 4.92 Å². The number of rotatable bonds is 4. The van der Waals surface area contributed by atoms with Crippen molar-refractivity contribution in [3.63, 3.8) is 0 Å². The highest BCUT2D eigenvalue weighted by molar-refractivity contribution is 9.10. The normalized spacial score (nSPS) is 10.1. The third kappa shape index (κ3) is 3.21. The van der Waals surface area contributed by atoms with E-state index < -0.39 is 4.92 Å². The van der Waals surface area contributed by atoms with Crippen molar-refractivity contribution >= 4 is 38.8 Å². The number of ketones is 1. The quantitative estimate of drug-likeness (QED) is 0.514. The highest BCUT2D eigenvalue weighted by Crippen LogP contribution is 2.30. The van der Waals surface area contributed by atoms with Crippen molar-refractivity contribution in [1.29, 1.82) is 0 Å². The summed E-state index contributed by atoms with van der Waals surface area (Å²) in [7, 11) is 0. The Kier molecular flexibility index (Phi) is 4.14.